The van der Waals surface area contributed by atoms with E-state index in [9.17, 15) is 0 Å². The number of anilines is 1. The Labute approximate surface area is 109 Å². The normalized spacial score (nSPS) is 27.5. The first kappa shape index (κ1) is 11.6. The maximum atomic E-state index is 9.11. The van der Waals surface area contributed by atoms with Crippen molar-refractivity contribution < 1.29 is 0 Å². The van der Waals surface area contributed by atoms with Crippen LogP contribution >= 0.6 is 0 Å². The summed E-state index contributed by atoms with van der Waals surface area (Å²) in [6.07, 6.45) is 8.21. The zero-order chi connectivity index (χ0) is 12.4. The largest absolute Gasteiger partial charge is 0.381 e. The van der Waals surface area contributed by atoms with Crippen molar-refractivity contribution in [3.8, 4) is 6.07 Å². The van der Waals surface area contributed by atoms with E-state index in [0.717, 1.165) is 23.1 Å². The average Bonchev–Trinajstić information content (AvgIpc) is 3.24. The Balaban J connectivity index is 1.66. The Kier molecular flexibility index (Phi) is 3.23. The van der Waals surface area contributed by atoms with E-state index in [1.165, 1.54) is 38.5 Å². The standard InChI is InChI=1S/C16H20N2/c17-11-14-4-1-2-7-16(14)18-15-6-3-5-13(10-15)12-8-9-12/h1-2,4,7,12-13,15,18H,3,5-6,8-10H2. The second-order valence-corrected chi connectivity index (χ2v) is 5.76. The smallest absolute Gasteiger partial charge is 0.101 e. The Morgan fingerprint density at radius 1 is 1.06 bits per heavy atom. The quantitative estimate of drug-likeness (QED) is 0.868. The molecule has 0 amide bonds. The molecule has 0 bridgehead atoms. The van der Waals surface area contributed by atoms with Gasteiger partial charge in [-0.15, -0.1) is 0 Å². The SMILES string of the molecule is N#Cc1ccccc1NC1CCCC(C2CC2)C1. The van der Waals surface area contributed by atoms with Crippen LogP contribution in [0, 0.1) is 23.2 Å². The zero-order valence-corrected chi connectivity index (χ0v) is 10.7. The van der Waals surface area contributed by atoms with E-state index in [-0.39, 0.29) is 0 Å². The lowest BCUT2D eigenvalue weighted by Crippen LogP contribution is -2.28. The molecule has 0 heterocycles. The van der Waals surface area contributed by atoms with Gasteiger partial charge < -0.3 is 5.32 Å². The number of nitriles is 1. The molecule has 1 N–H and O–H groups in total. The van der Waals surface area contributed by atoms with Crippen molar-refractivity contribution in [1.82, 2.24) is 0 Å². The summed E-state index contributed by atoms with van der Waals surface area (Å²) in [6, 6.07) is 10.7. The van der Waals surface area contributed by atoms with E-state index in [1.54, 1.807) is 0 Å². The second kappa shape index (κ2) is 5.02. The summed E-state index contributed by atoms with van der Waals surface area (Å²) >= 11 is 0. The third-order valence-electron chi connectivity index (χ3n) is 4.41. The van der Waals surface area contributed by atoms with E-state index in [4.69, 9.17) is 5.26 Å². The van der Waals surface area contributed by atoms with Crippen LogP contribution in [0.2, 0.25) is 0 Å². The molecule has 0 radical (unpaired) electrons. The molecule has 0 aliphatic heterocycles. The molecular weight excluding hydrogens is 220 g/mol. The van der Waals surface area contributed by atoms with E-state index in [1.807, 2.05) is 24.3 Å². The lowest BCUT2D eigenvalue weighted by atomic mass is 9.82. The van der Waals surface area contributed by atoms with Gasteiger partial charge in [0.15, 0.2) is 0 Å². The molecule has 2 fully saturated rings. The highest BCUT2D eigenvalue weighted by Crippen LogP contribution is 2.44. The van der Waals surface area contributed by atoms with Gasteiger partial charge in [-0.05, 0) is 49.7 Å². The first-order valence-electron chi connectivity index (χ1n) is 7.12. The van der Waals surface area contributed by atoms with Gasteiger partial charge in [-0.2, -0.15) is 5.26 Å². The minimum atomic E-state index is 0.568. The third-order valence-corrected chi connectivity index (χ3v) is 4.41. The van der Waals surface area contributed by atoms with E-state index >= 15 is 0 Å². The van der Waals surface area contributed by atoms with Crippen molar-refractivity contribution in [3.05, 3.63) is 29.8 Å². The number of para-hydroxylation sites is 1. The lowest BCUT2D eigenvalue weighted by molar-refractivity contribution is 0.303. The maximum absolute atomic E-state index is 9.11. The molecule has 2 atom stereocenters. The molecule has 94 valence electrons. The van der Waals surface area contributed by atoms with Crippen molar-refractivity contribution in [3.63, 3.8) is 0 Å². The Morgan fingerprint density at radius 3 is 2.67 bits per heavy atom. The van der Waals surface area contributed by atoms with E-state index in [0.29, 0.717) is 6.04 Å². The molecule has 2 aliphatic rings. The molecule has 0 aromatic heterocycles. The molecule has 1 aromatic carbocycles. The van der Waals surface area contributed by atoms with Gasteiger partial charge in [0.05, 0.1) is 11.3 Å². The fraction of sp³-hybridized carbons (Fsp3) is 0.562. The van der Waals surface area contributed by atoms with Crippen molar-refractivity contribution in [2.45, 2.75) is 44.6 Å². The summed E-state index contributed by atoms with van der Waals surface area (Å²) in [5, 5.41) is 12.7. The van der Waals surface area contributed by atoms with Crippen LogP contribution in [-0.4, -0.2) is 6.04 Å². The topological polar surface area (TPSA) is 35.8 Å². The molecule has 18 heavy (non-hydrogen) atoms. The maximum Gasteiger partial charge on any atom is 0.101 e. The van der Waals surface area contributed by atoms with Gasteiger partial charge in [0.2, 0.25) is 0 Å². The number of hydrogen-bond acceptors (Lipinski definition) is 2. The minimum absolute atomic E-state index is 0.568. The first-order chi connectivity index (χ1) is 8.86. The van der Waals surface area contributed by atoms with Crippen LogP contribution in [0.5, 0.6) is 0 Å². The number of hydrogen-bond donors (Lipinski definition) is 1. The fourth-order valence-electron chi connectivity index (χ4n) is 3.28. The number of nitrogens with zero attached hydrogens (tertiary/aromatic N) is 1. The number of rotatable bonds is 3. The summed E-state index contributed by atoms with van der Waals surface area (Å²) in [5.74, 6) is 1.95. The highest BCUT2D eigenvalue weighted by atomic mass is 14.9. The van der Waals surface area contributed by atoms with Crippen molar-refractivity contribution >= 4 is 5.69 Å². The summed E-state index contributed by atoms with van der Waals surface area (Å²) in [6.45, 7) is 0. The molecule has 0 spiro atoms. The molecule has 2 saturated carbocycles. The molecule has 2 nitrogen and oxygen atoms in total. The van der Waals surface area contributed by atoms with Gasteiger partial charge in [-0.25, -0.2) is 0 Å². The summed E-state index contributed by atoms with van der Waals surface area (Å²) < 4.78 is 0. The van der Waals surface area contributed by atoms with Crippen LogP contribution in [0.4, 0.5) is 5.69 Å². The molecule has 0 saturated heterocycles. The van der Waals surface area contributed by atoms with Crippen molar-refractivity contribution in [1.29, 1.82) is 5.26 Å². The number of benzene rings is 1. The van der Waals surface area contributed by atoms with Crippen LogP contribution in [0.25, 0.3) is 0 Å². The predicted molar refractivity (Wildman–Crippen MR) is 73.2 cm³/mol. The lowest BCUT2D eigenvalue weighted by Gasteiger charge is -2.30. The van der Waals surface area contributed by atoms with Gasteiger partial charge in [-0.3, -0.25) is 0 Å². The van der Waals surface area contributed by atoms with Gasteiger partial charge in [0, 0.05) is 6.04 Å². The Morgan fingerprint density at radius 2 is 1.89 bits per heavy atom. The van der Waals surface area contributed by atoms with Crippen LogP contribution in [0.3, 0.4) is 0 Å². The zero-order valence-electron chi connectivity index (χ0n) is 10.7. The van der Waals surface area contributed by atoms with E-state index < -0.39 is 0 Å². The van der Waals surface area contributed by atoms with Crippen molar-refractivity contribution in [2.24, 2.45) is 11.8 Å². The van der Waals surface area contributed by atoms with Crippen molar-refractivity contribution in [2.75, 3.05) is 5.32 Å². The van der Waals surface area contributed by atoms with Gasteiger partial charge in [0.25, 0.3) is 0 Å². The molecule has 2 aliphatic carbocycles. The van der Waals surface area contributed by atoms with E-state index in [2.05, 4.69) is 11.4 Å². The molecular formula is C16H20N2. The Hall–Kier alpha value is -1.49. The monoisotopic (exact) mass is 240 g/mol. The van der Waals surface area contributed by atoms with Gasteiger partial charge >= 0.3 is 0 Å². The first-order valence-corrected chi connectivity index (χ1v) is 7.12. The summed E-state index contributed by atoms with van der Waals surface area (Å²) in [4.78, 5) is 0. The van der Waals surface area contributed by atoms with Gasteiger partial charge in [-0.1, -0.05) is 25.0 Å². The molecule has 3 rings (SSSR count). The molecule has 1 aromatic rings. The average molecular weight is 240 g/mol. The highest BCUT2D eigenvalue weighted by Gasteiger charge is 2.34. The van der Waals surface area contributed by atoms with Crippen LogP contribution in [0.15, 0.2) is 24.3 Å². The summed E-state index contributed by atoms with van der Waals surface area (Å²) in [5.41, 5.74) is 1.78. The second-order valence-electron chi connectivity index (χ2n) is 5.76. The molecule has 2 heteroatoms. The Bertz CT molecular complexity index is 456. The highest BCUT2D eigenvalue weighted by molar-refractivity contribution is 5.57. The number of nitrogens with one attached hydrogen (secondary N) is 1. The molecule has 2 unspecified atom stereocenters. The van der Waals surface area contributed by atoms with Gasteiger partial charge in [0.1, 0.15) is 6.07 Å². The van der Waals surface area contributed by atoms with Crippen LogP contribution in [0.1, 0.15) is 44.1 Å². The van der Waals surface area contributed by atoms with Crippen LogP contribution < -0.4 is 5.32 Å². The fourth-order valence-corrected chi connectivity index (χ4v) is 3.28. The third kappa shape index (κ3) is 2.51. The summed E-state index contributed by atoms with van der Waals surface area (Å²) in [7, 11) is 0. The van der Waals surface area contributed by atoms with Crippen LogP contribution in [-0.2, 0) is 0 Å². The predicted octanol–water partition coefficient (Wildman–Crippen LogP) is 3.94. The minimum Gasteiger partial charge on any atom is -0.381 e.